The minimum atomic E-state index is -0.0428. The lowest BCUT2D eigenvalue weighted by Gasteiger charge is -2.40. The maximum absolute atomic E-state index is 6.52. The highest BCUT2D eigenvalue weighted by atomic mass is 15.1. The van der Waals surface area contributed by atoms with Crippen LogP contribution in [0.1, 0.15) is 45.7 Å². The first kappa shape index (κ1) is 14.3. The Morgan fingerprint density at radius 3 is 2.52 bits per heavy atom. The standard InChI is InChI=1S/C18H25BN2/c1-6-13-11-21-17(16(13)20)19(12(2)3)15-10-8-7-9-14(15)18(21,4)5/h7-12H,6,20H2,1-5H3. The molecule has 0 saturated heterocycles. The second-order valence-corrected chi connectivity index (χ2v) is 7.04. The van der Waals surface area contributed by atoms with E-state index >= 15 is 0 Å². The Balaban J connectivity index is 2.36. The van der Waals surface area contributed by atoms with Crippen LogP contribution < -0.4 is 16.8 Å². The Kier molecular flexibility index (Phi) is 3.20. The molecule has 1 aliphatic rings. The van der Waals surface area contributed by atoms with E-state index in [4.69, 9.17) is 5.73 Å². The number of nitrogens with two attached hydrogens (primary N) is 1. The van der Waals surface area contributed by atoms with Gasteiger partial charge < -0.3 is 10.3 Å². The Morgan fingerprint density at radius 2 is 1.90 bits per heavy atom. The Hall–Kier alpha value is -1.64. The quantitative estimate of drug-likeness (QED) is 0.843. The summed E-state index contributed by atoms with van der Waals surface area (Å²) in [5, 5.41) is 0. The molecule has 1 aliphatic heterocycles. The zero-order chi connectivity index (χ0) is 15.4. The third kappa shape index (κ3) is 1.86. The lowest BCUT2D eigenvalue weighted by atomic mass is 9.33. The number of hydrogen-bond donors (Lipinski definition) is 1. The van der Waals surface area contributed by atoms with E-state index < -0.39 is 0 Å². The van der Waals surface area contributed by atoms with Gasteiger partial charge in [0.1, 0.15) is 0 Å². The third-order valence-electron chi connectivity index (χ3n) is 5.07. The summed E-state index contributed by atoms with van der Waals surface area (Å²) in [5.74, 6) is 0.530. The number of aromatic nitrogens is 1. The van der Waals surface area contributed by atoms with E-state index in [-0.39, 0.29) is 5.54 Å². The summed E-state index contributed by atoms with van der Waals surface area (Å²) < 4.78 is 2.42. The summed E-state index contributed by atoms with van der Waals surface area (Å²) in [6.07, 6.45) is 3.26. The molecule has 0 fully saturated rings. The van der Waals surface area contributed by atoms with Crippen LogP contribution >= 0.6 is 0 Å². The lowest BCUT2D eigenvalue weighted by molar-refractivity contribution is 0.445. The predicted octanol–water partition coefficient (Wildman–Crippen LogP) is 2.75. The van der Waals surface area contributed by atoms with E-state index in [1.807, 2.05) is 0 Å². The SMILES string of the molecule is CCc1cn2c(c1N)B(C(C)C)c1ccccc1C2(C)C. The van der Waals surface area contributed by atoms with Crippen molar-refractivity contribution in [3.8, 4) is 0 Å². The van der Waals surface area contributed by atoms with Crippen LogP contribution in [0.25, 0.3) is 0 Å². The molecule has 0 radical (unpaired) electrons. The van der Waals surface area contributed by atoms with Gasteiger partial charge in [-0.2, -0.15) is 0 Å². The highest BCUT2D eigenvalue weighted by Gasteiger charge is 2.41. The minimum absolute atomic E-state index is 0.0428. The first-order chi connectivity index (χ1) is 9.89. The number of hydrogen-bond acceptors (Lipinski definition) is 1. The summed E-state index contributed by atoms with van der Waals surface area (Å²) in [6.45, 7) is 11.7. The molecule has 2 aromatic rings. The highest BCUT2D eigenvalue weighted by molar-refractivity contribution is 6.87. The molecule has 0 saturated carbocycles. The van der Waals surface area contributed by atoms with Gasteiger partial charge in [-0.25, -0.2) is 0 Å². The largest absolute Gasteiger partial charge is 0.398 e. The molecule has 21 heavy (non-hydrogen) atoms. The van der Waals surface area contributed by atoms with E-state index in [2.05, 4.69) is 69.6 Å². The van der Waals surface area contributed by atoms with Gasteiger partial charge in [-0.15, -0.1) is 0 Å². The average molecular weight is 280 g/mol. The second-order valence-electron chi connectivity index (χ2n) is 7.04. The summed E-state index contributed by atoms with van der Waals surface area (Å²) in [6, 6.07) is 8.86. The summed E-state index contributed by atoms with van der Waals surface area (Å²) in [4.78, 5) is 0. The van der Waals surface area contributed by atoms with Gasteiger partial charge in [-0.3, -0.25) is 0 Å². The highest BCUT2D eigenvalue weighted by Crippen LogP contribution is 2.32. The van der Waals surface area contributed by atoms with Gasteiger partial charge in [0, 0.05) is 17.5 Å². The van der Waals surface area contributed by atoms with Gasteiger partial charge in [0.2, 0.25) is 6.71 Å². The van der Waals surface area contributed by atoms with Crippen molar-refractivity contribution in [1.29, 1.82) is 0 Å². The third-order valence-corrected chi connectivity index (χ3v) is 5.07. The number of nitrogen functional groups attached to an aromatic ring is 1. The predicted molar refractivity (Wildman–Crippen MR) is 93.2 cm³/mol. The molecule has 0 atom stereocenters. The fourth-order valence-corrected chi connectivity index (χ4v) is 3.93. The van der Waals surface area contributed by atoms with Gasteiger partial charge in [0.25, 0.3) is 0 Å². The molecule has 3 heteroatoms. The number of nitrogens with zero attached hydrogens (tertiary/aromatic N) is 1. The van der Waals surface area contributed by atoms with Crippen molar-refractivity contribution in [1.82, 2.24) is 4.57 Å². The van der Waals surface area contributed by atoms with Crippen molar-refractivity contribution >= 4 is 23.5 Å². The minimum Gasteiger partial charge on any atom is -0.398 e. The van der Waals surface area contributed by atoms with Crippen LogP contribution in [0.3, 0.4) is 0 Å². The van der Waals surface area contributed by atoms with E-state index in [0.29, 0.717) is 12.5 Å². The van der Waals surface area contributed by atoms with Gasteiger partial charge in [0.15, 0.2) is 0 Å². The van der Waals surface area contributed by atoms with Gasteiger partial charge in [0.05, 0.1) is 5.54 Å². The molecule has 3 rings (SSSR count). The van der Waals surface area contributed by atoms with Crippen molar-refractivity contribution in [3.05, 3.63) is 41.6 Å². The van der Waals surface area contributed by atoms with Crippen LogP contribution in [0.15, 0.2) is 30.5 Å². The fourth-order valence-electron chi connectivity index (χ4n) is 3.93. The number of anilines is 1. The second kappa shape index (κ2) is 4.69. The normalized spacial score (nSPS) is 16.0. The van der Waals surface area contributed by atoms with E-state index in [1.54, 1.807) is 0 Å². The topological polar surface area (TPSA) is 30.9 Å². The van der Waals surface area contributed by atoms with Crippen LogP contribution in [0.4, 0.5) is 5.69 Å². The summed E-state index contributed by atoms with van der Waals surface area (Å²) in [5.41, 5.74) is 12.9. The molecule has 0 unspecified atom stereocenters. The van der Waals surface area contributed by atoms with Crippen LogP contribution in [0.5, 0.6) is 0 Å². The van der Waals surface area contributed by atoms with Crippen molar-refractivity contribution < 1.29 is 0 Å². The average Bonchev–Trinajstić information content (AvgIpc) is 2.77. The van der Waals surface area contributed by atoms with Crippen molar-refractivity contribution in [2.45, 2.75) is 52.4 Å². The molecule has 1 aromatic carbocycles. The molecule has 0 spiro atoms. The molecule has 1 aromatic heterocycles. The molecular formula is C18H25BN2. The fraction of sp³-hybridized carbons (Fsp3) is 0.444. The lowest BCUT2D eigenvalue weighted by Crippen LogP contribution is -2.59. The molecule has 0 amide bonds. The maximum atomic E-state index is 6.52. The van der Waals surface area contributed by atoms with E-state index in [9.17, 15) is 0 Å². The van der Waals surface area contributed by atoms with Crippen LogP contribution in [0.2, 0.25) is 5.82 Å². The van der Waals surface area contributed by atoms with E-state index in [0.717, 1.165) is 12.1 Å². The van der Waals surface area contributed by atoms with Crippen LogP contribution in [0, 0.1) is 0 Å². The number of rotatable bonds is 2. The Labute approximate surface area is 128 Å². The number of aryl methyl sites for hydroxylation is 1. The Bertz CT molecular complexity index is 683. The smallest absolute Gasteiger partial charge is 0.236 e. The summed E-state index contributed by atoms with van der Waals surface area (Å²) >= 11 is 0. The van der Waals surface area contributed by atoms with Crippen molar-refractivity contribution in [2.75, 3.05) is 5.73 Å². The van der Waals surface area contributed by atoms with E-state index in [1.165, 1.54) is 22.2 Å². The number of benzene rings is 1. The summed E-state index contributed by atoms with van der Waals surface area (Å²) in [7, 11) is 0. The first-order valence-corrected chi connectivity index (χ1v) is 7.99. The molecule has 0 aliphatic carbocycles. The van der Waals surface area contributed by atoms with Gasteiger partial charge in [-0.05, 0) is 31.4 Å². The molecule has 0 bridgehead atoms. The first-order valence-electron chi connectivity index (χ1n) is 7.99. The monoisotopic (exact) mass is 280 g/mol. The molecule has 110 valence electrons. The molecular weight excluding hydrogens is 255 g/mol. The molecule has 2 N–H and O–H groups in total. The van der Waals surface area contributed by atoms with Crippen LogP contribution in [-0.4, -0.2) is 11.3 Å². The zero-order valence-electron chi connectivity index (χ0n) is 13.8. The van der Waals surface area contributed by atoms with Gasteiger partial charge >= 0.3 is 0 Å². The number of fused-ring (bicyclic) bond motifs is 2. The molecule has 2 heterocycles. The molecule has 2 nitrogen and oxygen atoms in total. The van der Waals surface area contributed by atoms with Crippen molar-refractivity contribution in [2.24, 2.45) is 0 Å². The van der Waals surface area contributed by atoms with Gasteiger partial charge in [-0.1, -0.05) is 56.3 Å². The zero-order valence-corrected chi connectivity index (χ0v) is 13.8. The Morgan fingerprint density at radius 1 is 1.24 bits per heavy atom. The van der Waals surface area contributed by atoms with Crippen LogP contribution in [-0.2, 0) is 12.0 Å². The van der Waals surface area contributed by atoms with Crippen molar-refractivity contribution in [3.63, 3.8) is 0 Å². The maximum Gasteiger partial charge on any atom is 0.236 e.